The van der Waals surface area contributed by atoms with Crippen LogP contribution in [0.25, 0.3) is 0 Å². The first kappa shape index (κ1) is 21.5. The van der Waals surface area contributed by atoms with Crippen LogP contribution in [0.5, 0.6) is 0 Å². The Kier molecular flexibility index (Phi) is 6.41. The fourth-order valence-corrected chi connectivity index (χ4v) is 4.46. The van der Waals surface area contributed by atoms with Crippen molar-refractivity contribution in [2.24, 2.45) is 0 Å². The Morgan fingerprint density at radius 2 is 2.10 bits per heavy atom. The molecule has 1 N–H and O–H groups in total. The quantitative estimate of drug-likeness (QED) is 0.654. The number of carbonyl (C=O) groups excluding carboxylic acids is 2. The highest BCUT2D eigenvalue weighted by molar-refractivity contribution is 6.31. The van der Waals surface area contributed by atoms with Gasteiger partial charge >= 0.3 is 5.69 Å². The maximum atomic E-state index is 14.1. The minimum Gasteiger partial charge on any atom is -0.355 e. The van der Waals surface area contributed by atoms with E-state index in [1.807, 2.05) is 4.90 Å². The first-order chi connectivity index (χ1) is 15.0. The molecule has 1 fully saturated rings. The third-order valence-electron chi connectivity index (χ3n) is 5.90. The number of rotatable bonds is 7. The van der Waals surface area contributed by atoms with Crippen molar-refractivity contribution in [3.8, 4) is 0 Å². The van der Waals surface area contributed by atoms with E-state index in [9.17, 15) is 18.8 Å². The lowest BCUT2D eigenvalue weighted by atomic mass is 9.98. The standard InChI is InChI=1S/C21H25ClFN5O3/c22-16-6-1-7-17(23)15(16)13-28-21(31)27-12-2-5-14(19(27)25-28)20(30)24-9-4-11-26-10-3-8-18(26)29/h1,6-7,14H,2-5,8-13H2,(H,24,30). The topological polar surface area (TPSA) is 89.2 Å². The minimum atomic E-state index is -0.535. The summed E-state index contributed by atoms with van der Waals surface area (Å²) in [5.41, 5.74) is -0.182. The van der Waals surface area contributed by atoms with Crippen molar-refractivity contribution < 1.29 is 14.0 Å². The van der Waals surface area contributed by atoms with E-state index in [1.165, 1.54) is 21.4 Å². The average Bonchev–Trinajstić information content (AvgIpc) is 3.31. The van der Waals surface area contributed by atoms with E-state index < -0.39 is 11.7 Å². The van der Waals surface area contributed by atoms with Crippen molar-refractivity contribution in [3.05, 3.63) is 50.9 Å². The molecule has 2 aliphatic heterocycles. The van der Waals surface area contributed by atoms with E-state index in [1.54, 1.807) is 6.07 Å². The third-order valence-corrected chi connectivity index (χ3v) is 6.25. The Morgan fingerprint density at radius 3 is 2.84 bits per heavy atom. The number of hydrogen-bond donors (Lipinski definition) is 1. The maximum Gasteiger partial charge on any atom is 0.346 e. The molecule has 8 nitrogen and oxygen atoms in total. The summed E-state index contributed by atoms with van der Waals surface area (Å²) in [7, 11) is 0. The summed E-state index contributed by atoms with van der Waals surface area (Å²) in [6.45, 7) is 2.25. The van der Waals surface area contributed by atoms with E-state index in [-0.39, 0.29) is 34.6 Å². The van der Waals surface area contributed by atoms with Crippen LogP contribution >= 0.6 is 11.6 Å². The highest BCUT2D eigenvalue weighted by Gasteiger charge is 2.31. The van der Waals surface area contributed by atoms with E-state index in [4.69, 9.17) is 11.6 Å². The highest BCUT2D eigenvalue weighted by Crippen LogP contribution is 2.25. The summed E-state index contributed by atoms with van der Waals surface area (Å²) in [6, 6.07) is 4.35. The van der Waals surface area contributed by atoms with Gasteiger partial charge < -0.3 is 10.2 Å². The smallest absolute Gasteiger partial charge is 0.346 e. The molecule has 1 aromatic heterocycles. The molecular weight excluding hydrogens is 425 g/mol. The van der Waals surface area contributed by atoms with Crippen molar-refractivity contribution >= 4 is 23.4 Å². The van der Waals surface area contributed by atoms with Crippen molar-refractivity contribution in [2.75, 3.05) is 19.6 Å². The van der Waals surface area contributed by atoms with Gasteiger partial charge in [-0.25, -0.2) is 13.9 Å². The number of fused-ring (bicyclic) bond motifs is 1. The Hall–Kier alpha value is -2.68. The van der Waals surface area contributed by atoms with Crippen LogP contribution in [0.2, 0.25) is 5.02 Å². The number of nitrogens with one attached hydrogen (secondary N) is 1. The van der Waals surface area contributed by atoms with Gasteiger partial charge in [0.1, 0.15) is 11.6 Å². The fraction of sp³-hybridized carbons (Fsp3) is 0.524. The second kappa shape index (κ2) is 9.21. The highest BCUT2D eigenvalue weighted by atomic mass is 35.5. The zero-order valence-electron chi connectivity index (χ0n) is 17.1. The molecule has 0 saturated carbocycles. The second-order valence-corrected chi connectivity index (χ2v) is 8.38. The van der Waals surface area contributed by atoms with Crippen molar-refractivity contribution in [1.82, 2.24) is 24.6 Å². The van der Waals surface area contributed by atoms with Gasteiger partial charge in [-0.3, -0.25) is 14.2 Å². The van der Waals surface area contributed by atoms with Crippen LogP contribution in [0.1, 0.15) is 49.4 Å². The second-order valence-electron chi connectivity index (χ2n) is 7.97. The Morgan fingerprint density at radius 1 is 1.26 bits per heavy atom. The minimum absolute atomic E-state index is 0.0947. The van der Waals surface area contributed by atoms with Crippen LogP contribution in [-0.4, -0.2) is 50.7 Å². The lowest BCUT2D eigenvalue weighted by Crippen LogP contribution is -2.36. The van der Waals surface area contributed by atoms with Gasteiger partial charge in [-0.1, -0.05) is 17.7 Å². The molecule has 1 unspecified atom stereocenters. The average molecular weight is 450 g/mol. The first-order valence-corrected chi connectivity index (χ1v) is 11.0. The molecule has 0 radical (unpaired) electrons. The zero-order valence-corrected chi connectivity index (χ0v) is 17.9. The summed E-state index contributed by atoms with van der Waals surface area (Å²) in [6.07, 6.45) is 3.45. The van der Waals surface area contributed by atoms with Crippen LogP contribution < -0.4 is 11.0 Å². The van der Waals surface area contributed by atoms with Gasteiger partial charge in [0.15, 0.2) is 0 Å². The van der Waals surface area contributed by atoms with Gasteiger partial charge in [0.25, 0.3) is 0 Å². The normalized spacial score (nSPS) is 18.3. The molecule has 2 amide bonds. The molecule has 2 aliphatic rings. The molecule has 1 saturated heterocycles. The SMILES string of the molecule is O=C(NCCCN1CCCC1=O)C1CCCn2c1nn(Cc1c(F)cccc1Cl)c2=O. The number of nitrogens with zero attached hydrogens (tertiary/aromatic N) is 4. The number of hydrogen-bond acceptors (Lipinski definition) is 4. The molecule has 4 rings (SSSR count). The lowest BCUT2D eigenvalue weighted by Gasteiger charge is -2.21. The zero-order chi connectivity index (χ0) is 22.0. The van der Waals surface area contributed by atoms with Crippen molar-refractivity contribution in [3.63, 3.8) is 0 Å². The Bertz CT molecular complexity index is 1030. The van der Waals surface area contributed by atoms with Crippen molar-refractivity contribution in [1.29, 1.82) is 0 Å². The monoisotopic (exact) mass is 449 g/mol. The van der Waals surface area contributed by atoms with E-state index in [2.05, 4.69) is 10.4 Å². The Balaban J connectivity index is 1.42. The molecule has 0 bridgehead atoms. The number of carbonyl (C=O) groups is 2. The summed E-state index contributed by atoms with van der Waals surface area (Å²) in [4.78, 5) is 39.0. The van der Waals surface area contributed by atoms with Gasteiger partial charge in [-0.2, -0.15) is 5.10 Å². The van der Waals surface area contributed by atoms with Crippen LogP contribution in [0, 0.1) is 5.82 Å². The van der Waals surface area contributed by atoms with Crippen LogP contribution in [0.4, 0.5) is 4.39 Å². The summed E-state index contributed by atoms with van der Waals surface area (Å²) < 4.78 is 16.8. The largest absolute Gasteiger partial charge is 0.355 e. The molecule has 3 heterocycles. The van der Waals surface area contributed by atoms with Gasteiger partial charge in [0.2, 0.25) is 11.8 Å². The maximum absolute atomic E-state index is 14.1. The number of halogens is 2. The predicted octanol–water partition coefficient (Wildman–Crippen LogP) is 1.89. The van der Waals surface area contributed by atoms with Crippen LogP contribution in [0.15, 0.2) is 23.0 Å². The Labute approximate surface area is 184 Å². The molecule has 1 atom stereocenters. The number of benzene rings is 1. The number of amides is 2. The van der Waals surface area contributed by atoms with Gasteiger partial charge in [0, 0.05) is 43.2 Å². The summed E-state index contributed by atoms with van der Waals surface area (Å²) in [5.74, 6) is -0.655. The lowest BCUT2D eigenvalue weighted by molar-refractivity contribution is -0.127. The van der Waals surface area contributed by atoms with Crippen molar-refractivity contribution in [2.45, 2.75) is 51.1 Å². The third kappa shape index (κ3) is 4.51. The van der Waals surface area contributed by atoms with E-state index in [0.717, 1.165) is 13.0 Å². The van der Waals surface area contributed by atoms with E-state index >= 15 is 0 Å². The van der Waals surface area contributed by atoms with E-state index in [0.29, 0.717) is 51.1 Å². The first-order valence-electron chi connectivity index (χ1n) is 10.6. The van der Waals surface area contributed by atoms with Crippen LogP contribution in [0.3, 0.4) is 0 Å². The molecule has 10 heteroatoms. The molecule has 0 spiro atoms. The fourth-order valence-electron chi connectivity index (χ4n) is 4.24. The molecule has 166 valence electrons. The summed E-state index contributed by atoms with van der Waals surface area (Å²) in [5, 5.41) is 7.49. The van der Waals surface area contributed by atoms with Crippen LogP contribution in [-0.2, 0) is 22.7 Å². The molecule has 0 aliphatic carbocycles. The molecule has 2 aromatic rings. The predicted molar refractivity (Wildman–Crippen MR) is 112 cm³/mol. The molecule has 1 aromatic carbocycles. The molecule has 31 heavy (non-hydrogen) atoms. The van der Waals surface area contributed by atoms with Gasteiger partial charge in [-0.15, -0.1) is 0 Å². The number of aromatic nitrogens is 3. The van der Waals surface area contributed by atoms with Gasteiger partial charge in [-0.05, 0) is 37.8 Å². The number of likely N-dealkylation sites (tertiary alicyclic amines) is 1. The van der Waals surface area contributed by atoms with Gasteiger partial charge in [0.05, 0.1) is 12.5 Å². The summed E-state index contributed by atoms with van der Waals surface area (Å²) >= 11 is 6.09. The molecular formula is C21H25ClFN5O3.